The van der Waals surface area contributed by atoms with Gasteiger partial charge in [-0.15, -0.1) is 0 Å². The summed E-state index contributed by atoms with van der Waals surface area (Å²) in [6, 6.07) is 0. The molecule has 7 nitrogen and oxygen atoms in total. The predicted molar refractivity (Wildman–Crippen MR) is 49.2 cm³/mol. The molecule has 22 heavy (non-hydrogen) atoms. The lowest BCUT2D eigenvalue weighted by atomic mass is 10.2. The van der Waals surface area contributed by atoms with E-state index in [2.05, 4.69) is 18.9 Å². The van der Waals surface area contributed by atoms with Crippen LogP contribution in [0.5, 0.6) is 0 Å². The highest BCUT2D eigenvalue weighted by Crippen LogP contribution is 2.22. The summed E-state index contributed by atoms with van der Waals surface area (Å²) in [6.45, 7) is -4.10. The van der Waals surface area contributed by atoms with Crippen LogP contribution >= 0.6 is 0 Å². The molecule has 0 spiro atoms. The lowest BCUT2D eigenvalue weighted by Gasteiger charge is -2.15. The first-order chi connectivity index (χ1) is 9.89. The van der Waals surface area contributed by atoms with Gasteiger partial charge in [0.1, 0.15) is 0 Å². The van der Waals surface area contributed by atoms with Crippen molar-refractivity contribution in [3.63, 3.8) is 0 Å². The van der Waals surface area contributed by atoms with Gasteiger partial charge in [-0.25, -0.2) is 14.4 Å². The zero-order chi connectivity index (χ0) is 17.1. The second-order valence-corrected chi connectivity index (χ2v) is 3.77. The Morgan fingerprint density at radius 3 is 1.45 bits per heavy atom. The Morgan fingerprint density at radius 1 is 0.864 bits per heavy atom. The van der Waals surface area contributed by atoms with Crippen molar-refractivity contribution < 1.29 is 59.7 Å². The van der Waals surface area contributed by atoms with Gasteiger partial charge in [-0.2, -0.15) is 26.3 Å². The first-order valence-electron chi connectivity index (χ1n) is 5.23. The van der Waals surface area contributed by atoms with Crippen LogP contribution in [-0.2, 0) is 28.5 Å². The SMILES string of the molecule is O=C1OC(C(=O)OCC(F)(F)F)C(C(=O)OCC(F)(F)F)O1. The number of halogens is 6. The molecule has 1 saturated heterocycles. The van der Waals surface area contributed by atoms with Crippen LogP contribution in [0.4, 0.5) is 31.1 Å². The Morgan fingerprint density at radius 2 is 1.18 bits per heavy atom. The fourth-order valence-corrected chi connectivity index (χ4v) is 1.17. The summed E-state index contributed by atoms with van der Waals surface area (Å²) in [6.07, 6.45) is -16.0. The van der Waals surface area contributed by atoms with E-state index in [1.54, 1.807) is 0 Å². The van der Waals surface area contributed by atoms with Crippen molar-refractivity contribution in [2.24, 2.45) is 0 Å². The van der Waals surface area contributed by atoms with Gasteiger partial charge in [0.15, 0.2) is 13.2 Å². The number of esters is 2. The summed E-state index contributed by atoms with van der Waals surface area (Å²) >= 11 is 0. The van der Waals surface area contributed by atoms with Crippen molar-refractivity contribution in [2.45, 2.75) is 24.6 Å². The van der Waals surface area contributed by atoms with Crippen LogP contribution in [0.15, 0.2) is 0 Å². The second kappa shape index (κ2) is 6.27. The summed E-state index contributed by atoms with van der Waals surface area (Å²) in [5.74, 6) is -3.64. The molecule has 13 heteroatoms. The normalized spacial score (nSPS) is 21.8. The van der Waals surface area contributed by atoms with Crippen molar-refractivity contribution in [1.82, 2.24) is 0 Å². The highest BCUT2D eigenvalue weighted by atomic mass is 19.4. The van der Waals surface area contributed by atoms with Crippen molar-refractivity contribution in [1.29, 1.82) is 0 Å². The fourth-order valence-electron chi connectivity index (χ4n) is 1.17. The van der Waals surface area contributed by atoms with Crippen LogP contribution in [0.2, 0.25) is 0 Å². The number of carbonyl (C=O) groups is 3. The van der Waals surface area contributed by atoms with Crippen LogP contribution in [0.25, 0.3) is 0 Å². The number of rotatable bonds is 4. The molecule has 0 aliphatic carbocycles. The van der Waals surface area contributed by atoms with Gasteiger partial charge in [-0.05, 0) is 0 Å². The van der Waals surface area contributed by atoms with E-state index < -0.39 is 55.9 Å². The van der Waals surface area contributed by atoms with E-state index >= 15 is 0 Å². The molecular formula is C9H6F6O7. The van der Waals surface area contributed by atoms with Crippen molar-refractivity contribution >= 4 is 18.1 Å². The van der Waals surface area contributed by atoms with Gasteiger partial charge in [-0.1, -0.05) is 0 Å². The molecule has 1 fully saturated rings. The smallest absolute Gasteiger partial charge is 0.453 e. The molecule has 0 bridgehead atoms. The molecule has 1 heterocycles. The van der Waals surface area contributed by atoms with Gasteiger partial charge in [0, 0.05) is 0 Å². The number of cyclic esters (lactones) is 2. The Balaban J connectivity index is 2.66. The number of alkyl halides is 6. The van der Waals surface area contributed by atoms with Gasteiger partial charge >= 0.3 is 30.4 Å². The zero-order valence-corrected chi connectivity index (χ0v) is 10.2. The molecule has 1 aliphatic heterocycles. The van der Waals surface area contributed by atoms with E-state index in [0.717, 1.165) is 0 Å². The molecule has 0 amide bonds. The maximum absolute atomic E-state index is 11.9. The monoisotopic (exact) mass is 340 g/mol. The molecule has 0 radical (unpaired) electrons. The third-order valence-electron chi connectivity index (χ3n) is 1.94. The van der Waals surface area contributed by atoms with Crippen molar-refractivity contribution in [3.05, 3.63) is 0 Å². The summed E-state index contributed by atoms with van der Waals surface area (Å²) in [7, 11) is 0. The quantitative estimate of drug-likeness (QED) is 0.430. The van der Waals surface area contributed by atoms with Gasteiger partial charge < -0.3 is 18.9 Å². The van der Waals surface area contributed by atoms with E-state index in [0.29, 0.717) is 0 Å². The molecule has 0 saturated carbocycles. The molecular weight excluding hydrogens is 334 g/mol. The summed E-state index contributed by atoms with van der Waals surface area (Å²) < 4.78 is 86.7. The van der Waals surface area contributed by atoms with Crippen LogP contribution in [0, 0.1) is 0 Å². The first-order valence-corrected chi connectivity index (χ1v) is 5.23. The topological polar surface area (TPSA) is 88.1 Å². The standard InChI is InChI=1S/C9H6F6O7/c10-8(11,12)1-19-5(16)3-4(22-7(18)21-3)6(17)20-2-9(13,14)15/h3-4H,1-2H2. The van der Waals surface area contributed by atoms with E-state index in [1.165, 1.54) is 0 Å². The lowest BCUT2D eigenvalue weighted by Crippen LogP contribution is -2.41. The average Bonchev–Trinajstić information content (AvgIpc) is 2.73. The molecule has 2 atom stereocenters. The van der Waals surface area contributed by atoms with Crippen LogP contribution < -0.4 is 0 Å². The molecule has 0 aromatic rings. The minimum atomic E-state index is -4.90. The van der Waals surface area contributed by atoms with Crippen molar-refractivity contribution in [3.8, 4) is 0 Å². The highest BCUT2D eigenvalue weighted by Gasteiger charge is 2.50. The summed E-state index contributed by atoms with van der Waals surface area (Å²) in [5, 5.41) is 0. The number of carbonyl (C=O) groups excluding carboxylic acids is 3. The van der Waals surface area contributed by atoms with Crippen LogP contribution in [0.3, 0.4) is 0 Å². The van der Waals surface area contributed by atoms with E-state index in [-0.39, 0.29) is 0 Å². The first kappa shape index (κ1) is 17.8. The third kappa shape index (κ3) is 5.65. The fraction of sp³-hybridized carbons (Fsp3) is 0.667. The Hall–Kier alpha value is -2.21. The Labute approximate surface area is 117 Å². The molecule has 126 valence electrons. The number of hydrogen-bond donors (Lipinski definition) is 0. The maximum Gasteiger partial charge on any atom is 0.510 e. The van der Waals surface area contributed by atoms with E-state index in [1.807, 2.05) is 0 Å². The minimum absolute atomic E-state index is 1.65. The van der Waals surface area contributed by atoms with Gasteiger partial charge in [0.05, 0.1) is 0 Å². The number of hydrogen-bond acceptors (Lipinski definition) is 7. The zero-order valence-electron chi connectivity index (χ0n) is 10.2. The van der Waals surface area contributed by atoms with E-state index in [4.69, 9.17) is 0 Å². The average molecular weight is 340 g/mol. The second-order valence-electron chi connectivity index (χ2n) is 3.77. The van der Waals surface area contributed by atoms with Crippen molar-refractivity contribution in [2.75, 3.05) is 13.2 Å². The molecule has 0 aromatic carbocycles. The molecule has 2 unspecified atom stereocenters. The minimum Gasteiger partial charge on any atom is -0.453 e. The summed E-state index contributed by atoms with van der Waals surface area (Å²) in [5.41, 5.74) is 0. The summed E-state index contributed by atoms with van der Waals surface area (Å²) in [4.78, 5) is 33.3. The Bertz CT molecular complexity index is 416. The van der Waals surface area contributed by atoms with E-state index in [9.17, 15) is 40.7 Å². The highest BCUT2D eigenvalue weighted by molar-refractivity contribution is 5.90. The Kier molecular flexibility index (Phi) is 5.09. The largest absolute Gasteiger partial charge is 0.510 e. The molecule has 0 aromatic heterocycles. The maximum atomic E-state index is 11.9. The molecule has 0 N–H and O–H groups in total. The molecule has 1 rings (SSSR count). The van der Waals surface area contributed by atoms with Crippen LogP contribution in [0.1, 0.15) is 0 Å². The predicted octanol–water partition coefficient (Wildman–Crippen LogP) is 1.10. The number of ether oxygens (including phenoxy) is 4. The third-order valence-corrected chi connectivity index (χ3v) is 1.94. The lowest BCUT2D eigenvalue weighted by molar-refractivity contribution is -0.198. The van der Waals surface area contributed by atoms with Gasteiger partial charge in [-0.3, -0.25) is 0 Å². The molecule has 1 aliphatic rings. The van der Waals surface area contributed by atoms with Gasteiger partial charge in [0.25, 0.3) is 0 Å². The van der Waals surface area contributed by atoms with Gasteiger partial charge in [0.2, 0.25) is 12.2 Å². The van der Waals surface area contributed by atoms with Crippen LogP contribution in [-0.4, -0.2) is 55.9 Å².